The fourth-order valence-corrected chi connectivity index (χ4v) is 3.12. The van der Waals surface area contributed by atoms with Crippen molar-refractivity contribution in [2.24, 2.45) is 0 Å². The molecule has 1 amide bonds. The molecule has 3 N–H and O–H groups in total. The van der Waals surface area contributed by atoms with E-state index in [9.17, 15) is 9.90 Å². The lowest BCUT2D eigenvalue weighted by Crippen LogP contribution is -2.31. The Morgan fingerprint density at radius 3 is 2.50 bits per heavy atom. The van der Waals surface area contributed by atoms with E-state index in [4.69, 9.17) is 11.0 Å². The van der Waals surface area contributed by atoms with Crippen LogP contribution in [-0.2, 0) is 0 Å². The Morgan fingerprint density at radius 2 is 1.93 bits per heavy atom. The molecule has 0 saturated carbocycles. The van der Waals surface area contributed by atoms with Crippen molar-refractivity contribution in [2.45, 2.75) is 12.5 Å². The maximum atomic E-state index is 13.0. The van der Waals surface area contributed by atoms with Crippen LogP contribution in [0.4, 0.5) is 5.82 Å². The molecule has 28 heavy (non-hydrogen) atoms. The molecule has 0 aliphatic carbocycles. The number of carbonyl (C=O) groups is 1. The minimum Gasteiger partial charge on any atom is -0.396 e. The molecule has 0 aliphatic heterocycles. The van der Waals surface area contributed by atoms with Gasteiger partial charge in [-0.05, 0) is 36.2 Å². The number of aliphatic hydroxyl groups excluding tert-OH is 1. The van der Waals surface area contributed by atoms with E-state index in [0.717, 1.165) is 5.56 Å². The highest BCUT2D eigenvalue weighted by molar-refractivity contribution is 5.94. The molecule has 3 rings (SSSR count). The fraction of sp³-hybridized carbons (Fsp3) is 0.190. The van der Waals surface area contributed by atoms with Crippen LogP contribution >= 0.6 is 0 Å². The standard InChI is InChI=1S/C21H21N5O2/c1-25(19(11-12-27)15-5-3-2-4-6-15)21(28)16-7-9-18(10-8-16)26-20(23)17(13-22)14-24-26/h2-10,14,19,27H,11-12,23H2,1H3. The van der Waals surface area contributed by atoms with Gasteiger partial charge in [-0.1, -0.05) is 30.3 Å². The van der Waals surface area contributed by atoms with Gasteiger partial charge in [-0.15, -0.1) is 0 Å². The van der Waals surface area contributed by atoms with Crippen LogP contribution in [0.2, 0.25) is 0 Å². The van der Waals surface area contributed by atoms with Gasteiger partial charge in [-0.25, -0.2) is 4.68 Å². The summed E-state index contributed by atoms with van der Waals surface area (Å²) in [7, 11) is 1.73. The lowest BCUT2D eigenvalue weighted by molar-refractivity contribution is 0.0705. The number of hydrogen-bond donors (Lipinski definition) is 2. The first-order valence-corrected chi connectivity index (χ1v) is 8.83. The summed E-state index contributed by atoms with van der Waals surface area (Å²) in [4.78, 5) is 14.6. The van der Waals surface area contributed by atoms with Gasteiger partial charge in [0.2, 0.25) is 0 Å². The largest absolute Gasteiger partial charge is 0.396 e. The first kappa shape index (κ1) is 19.1. The summed E-state index contributed by atoms with van der Waals surface area (Å²) in [6, 6.07) is 18.2. The fourth-order valence-electron chi connectivity index (χ4n) is 3.12. The Balaban J connectivity index is 1.83. The number of aromatic nitrogens is 2. The third-order valence-corrected chi connectivity index (χ3v) is 4.66. The first-order chi connectivity index (χ1) is 13.6. The molecule has 142 valence electrons. The zero-order chi connectivity index (χ0) is 20.1. The number of anilines is 1. The van der Waals surface area contributed by atoms with Gasteiger partial charge in [0.1, 0.15) is 17.5 Å². The van der Waals surface area contributed by atoms with E-state index >= 15 is 0 Å². The normalized spacial score (nSPS) is 11.6. The van der Waals surface area contributed by atoms with Crippen LogP contribution in [0.5, 0.6) is 0 Å². The van der Waals surface area contributed by atoms with Gasteiger partial charge in [0.25, 0.3) is 5.91 Å². The van der Waals surface area contributed by atoms with E-state index in [1.807, 2.05) is 36.4 Å². The number of nitrogen functional groups attached to an aromatic ring is 1. The highest BCUT2D eigenvalue weighted by Gasteiger charge is 2.22. The van der Waals surface area contributed by atoms with Gasteiger partial charge in [-0.3, -0.25) is 4.79 Å². The maximum Gasteiger partial charge on any atom is 0.254 e. The highest BCUT2D eigenvalue weighted by atomic mass is 16.3. The third kappa shape index (κ3) is 3.72. The van der Waals surface area contributed by atoms with Gasteiger partial charge in [0.15, 0.2) is 0 Å². The van der Waals surface area contributed by atoms with Crippen molar-refractivity contribution in [1.29, 1.82) is 5.26 Å². The lowest BCUT2D eigenvalue weighted by Gasteiger charge is -2.28. The number of aliphatic hydroxyl groups is 1. The average Bonchev–Trinajstić information content (AvgIpc) is 3.12. The van der Waals surface area contributed by atoms with Crippen molar-refractivity contribution in [2.75, 3.05) is 19.4 Å². The van der Waals surface area contributed by atoms with Crippen LogP contribution < -0.4 is 5.73 Å². The number of nitriles is 1. The van der Waals surface area contributed by atoms with E-state index in [-0.39, 0.29) is 24.4 Å². The summed E-state index contributed by atoms with van der Waals surface area (Å²) in [6.07, 6.45) is 1.85. The molecule has 1 atom stereocenters. The predicted octanol–water partition coefficient (Wildman–Crippen LogP) is 2.52. The van der Waals surface area contributed by atoms with Gasteiger partial charge in [0, 0.05) is 19.2 Å². The van der Waals surface area contributed by atoms with E-state index in [0.29, 0.717) is 23.2 Å². The number of benzene rings is 2. The summed E-state index contributed by atoms with van der Waals surface area (Å²) in [5.41, 5.74) is 8.35. The topological polar surface area (TPSA) is 108 Å². The van der Waals surface area contributed by atoms with Crippen molar-refractivity contribution in [3.63, 3.8) is 0 Å². The molecule has 1 aromatic heterocycles. The van der Waals surface area contributed by atoms with E-state index in [1.165, 1.54) is 10.9 Å². The van der Waals surface area contributed by atoms with Crippen LogP contribution in [0, 0.1) is 11.3 Å². The van der Waals surface area contributed by atoms with Crippen LogP contribution in [0.25, 0.3) is 5.69 Å². The molecule has 2 aromatic carbocycles. The SMILES string of the molecule is CN(C(=O)c1ccc(-n2ncc(C#N)c2N)cc1)C(CCO)c1ccccc1. The second-order valence-corrected chi connectivity index (χ2v) is 6.37. The summed E-state index contributed by atoms with van der Waals surface area (Å²) >= 11 is 0. The molecule has 7 heteroatoms. The molecule has 0 radical (unpaired) electrons. The van der Waals surface area contributed by atoms with Crippen LogP contribution in [-0.4, -0.2) is 39.3 Å². The second-order valence-electron chi connectivity index (χ2n) is 6.37. The van der Waals surface area contributed by atoms with Gasteiger partial charge in [-0.2, -0.15) is 10.4 Å². The van der Waals surface area contributed by atoms with Crippen molar-refractivity contribution >= 4 is 11.7 Å². The summed E-state index contributed by atoms with van der Waals surface area (Å²) < 4.78 is 1.45. The smallest absolute Gasteiger partial charge is 0.254 e. The Morgan fingerprint density at radius 1 is 1.25 bits per heavy atom. The van der Waals surface area contributed by atoms with Crippen LogP contribution in [0.15, 0.2) is 60.8 Å². The molecular weight excluding hydrogens is 354 g/mol. The number of amides is 1. The number of rotatable bonds is 6. The molecule has 0 saturated heterocycles. The van der Waals surface area contributed by atoms with Crippen molar-refractivity contribution in [3.05, 3.63) is 77.5 Å². The molecule has 0 spiro atoms. The maximum absolute atomic E-state index is 13.0. The zero-order valence-electron chi connectivity index (χ0n) is 15.5. The molecule has 3 aromatic rings. The molecule has 0 aliphatic rings. The Bertz CT molecular complexity index is 990. The van der Waals surface area contributed by atoms with Crippen molar-refractivity contribution in [3.8, 4) is 11.8 Å². The van der Waals surface area contributed by atoms with Crippen LogP contribution in [0.1, 0.15) is 33.9 Å². The van der Waals surface area contributed by atoms with E-state index < -0.39 is 0 Å². The van der Waals surface area contributed by atoms with E-state index in [2.05, 4.69) is 5.10 Å². The lowest BCUT2D eigenvalue weighted by atomic mass is 10.0. The van der Waals surface area contributed by atoms with Crippen molar-refractivity contribution in [1.82, 2.24) is 14.7 Å². The Kier molecular flexibility index (Phi) is 5.72. The molecule has 1 heterocycles. The second kappa shape index (κ2) is 8.37. The monoisotopic (exact) mass is 375 g/mol. The molecule has 1 unspecified atom stereocenters. The predicted molar refractivity (Wildman–Crippen MR) is 106 cm³/mol. The van der Waals surface area contributed by atoms with Crippen LogP contribution in [0.3, 0.4) is 0 Å². The number of carbonyl (C=O) groups excluding carboxylic acids is 1. The molecular formula is C21H21N5O2. The molecule has 0 fully saturated rings. The summed E-state index contributed by atoms with van der Waals surface area (Å²) in [6.45, 7) is -0.0179. The Labute approximate surface area is 163 Å². The summed E-state index contributed by atoms with van der Waals surface area (Å²) in [5.74, 6) is 0.103. The average molecular weight is 375 g/mol. The first-order valence-electron chi connectivity index (χ1n) is 8.83. The van der Waals surface area contributed by atoms with E-state index in [1.54, 1.807) is 36.2 Å². The Hall–Kier alpha value is -3.63. The number of hydrogen-bond acceptors (Lipinski definition) is 5. The van der Waals surface area contributed by atoms with Crippen molar-refractivity contribution < 1.29 is 9.90 Å². The number of nitrogens with two attached hydrogens (primary N) is 1. The van der Waals surface area contributed by atoms with Gasteiger partial charge < -0.3 is 15.7 Å². The zero-order valence-corrected chi connectivity index (χ0v) is 15.5. The van der Waals surface area contributed by atoms with Gasteiger partial charge in [0.05, 0.1) is 17.9 Å². The van der Waals surface area contributed by atoms with Gasteiger partial charge >= 0.3 is 0 Å². The molecule has 7 nitrogen and oxygen atoms in total. The minimum atomic E-state index is -0.224. The third-order valence-electron chi connectivity index (χ3n) is 4.66. The highest BCUT2D eigenvalue weighted by Crippen LogP contribution is 2.25. The minimum absolute atomic E-state index is 0.0179. The number of nitrogens with zero attached hydrogens (tertiary/aromatic N) is 4. The quantitative estimate of drug-likeness (QED) is 0.688. The summed E-state index contributed by atoms with van der Waals surface area (Å²) in [5, 5.41) is 22.5. The molecule has 0 bridgehead atoms.